The van der Waals surface area contributed by atoms with Crippen LogP contribution in [0, 0.1) is 0 Å². The van der Waals surface area contributed by atoms with E-state index >= 15 is 0 Å². The summed E-state index contributed by atoms with van der Waals surface area (Å²) < 4.78 is 0.931. The molecule has 0 spiro atoms. The highest BCUT2D eigenvalue weighted by atomic mass is 79.9. The summed E-state index contributed by atoms with van der Waals surface area (Å²) in [7, 11) is 2.05. The topological polar surface area (TPSA) is 78.7 Å². The Bertz CT molecular complexity index is 581. The minimum atomic E-state index is -1.13. The zero-order chi connectivity index (χ0) is 17.7. The van der Waals surface area contributed by atoms with Gasteiger partial charge in [0, 0.05) is 43.6 Å². The summed E-state index contributed by atoms with van der Waals surface area (Å²) in [5.74, 6) is -0.207. The lowest BCUT2D eigenvalue weighted by Gasteiger charge is -2.32. The van der Waals surface area contributed by atoms with Gasteiger partial charge in [-0.15, -0.1) is 0 Å². The van der Waals surface area contributed by atoms with Gasteiger partial charge in [0.2, 0.25) is 11.8 Å². The molecule has 1 aliphatic heterocycles. The molecule has 0 saturated carbocycles. The van der Waals surface area contributed by atoms with Gasteiger partial charge in [-0.05, 0) is 31.7 Å². The van der Waals surface area contributed by atoms with Crippen molar-refractivity contribution in [1.82, 2.24) is 15.1 Å². The first-order valence-corrected chi connectivity index (χ1v) is 8.89. The average Bonchev–Trinajstić information content (AvgIpc) is 2.55. The highest BCUT2D eigenvalue weighted by Crippen LogP contribution is 2.20. The molecule has 0 aliphatic carbocycles. The van der Waals surface area contributed by atoms with Crippen LogP contribution in [0.3, 0.4) is 0 Å². The van der Waals surface area contributed by atoms with E-state index in [4.69, 9.17) is 5.73 Å². The summed E-state index contributed by atoms with van der Waals surface area (Å²) in [6.45, 7) is 5.25. The average molecular weight is 397 g/mol. The molecule has 1 unspecified atom stereocenters. The molecule has 3 N–H and O–H groups in total. The molecule has 2 amide bonds. The molecular formula is C17H25BrN4O2. The summed E-state index contributed by atoms with van der Waals surface area (Å²) in [6, 6.07) is 7.34. The van der Waals surface area contributed by atoms with Crippen LogP contribution in [0.1, 0.15) is 18.9 Å². The van der Waals surface area contributed by atoms with Gasteiger partial charge in [0.25, 0.3) is 0 Å². The number of nitrogens with one attached hydrogen (secondary N) is 1. The molecule has 1 aromatic carbocycles. The number of carbonyl (C=O) groups is 2. The first kappa shape index (κ1) is 18.9. The van der Waals surface area contributed by atoms with Crippen LogP contribution in [0.4, 0.5) is 0 Å². The molecular weight excluding hydrogens is 372 g/mol. The fraction of sp³-hybridized carbons (Fsp3) is 0.529. The minimum Gasteiger partial charge on any atom is -0.354 e. The predicted molar refractivity (Wildman–Crippen MR) is 97.4 cm³/mol. The number of rotatable bonds is 5. The largest absolute Gasteiger partial charge is 0.354 e. The maximum absolute atomic E-state index is 12.4. The molecule has 1 heterocycles. The zero-order valence-corrected chi connectivity index (χ0v) is 15.8. The van der Waals surface area contributed by atoms with Gasteiger partial charge in [0.15, 0.2) is 0 Å². The van der Waals surface area contributed by atoms with E-state index in [-0.39, 0.29) is 11.8 Å². The number of halogens is 1. The van der Waals surface area contributed by atoms with Gasteiger partial charge in [0.05, 0.1) is 0 Å². The van der Waals surface area contributed by atoms with E-state index in [9.17, 15) is 9.59 Å². The van der Waals surface area contributed by atoms with Crippen LogP contribution < -0.4 is 11.1 Å². The van der Waals surface area contributed by atoms with Crippen molar-refractivity contribution < 1.29 is 9.59 Å². The molecule has 1 aromatic rings. The van der Waals surface area contributed by atoms with Gasteiger partial charge in [-0.25, -0.2) is 0 Å². The summed E-state index contributed by atoms with van der Waals surface area (Å²) in [6.07, 6.45) is 0.297. The SMILES string of the molecule is CN1CCN(C(=O)CCNC(=O)C(C)(N)c2ccc(Br)cc2)CC1. The number of benzene rings is 1. The number of likely N-dealkylation sites (N-methyl/N-ethyl adjacent to an activating group) is 1. The summed E-state index contributed by atoms with van der Waals surface area (Å²) in [4.78, 5) is 28.6. The number of hydrogen-bond acceptors (Lipinski definition) is 4. The molecule has 6 nitrogen and oxygen atoms in total. The zero-order valence-electron chi connectivity index (χ0n) is 14.2. The number of carbonyl (C=O) groups excluding carboxylic acids is 2. The monoisotopic (exact) mass is 396 g/mol. The van der Waals surface area contributed by atoms with E-state index in [1.165, 1.54) is 0 Å². The lowest BCUT2D eigenvalue weighted by atomic mass is 9.92. The van der Waals surface area contributed by atoms with E-state index in [1.54, 1.807) is 6.92 Å². The second kappa shape index (κ2) is 8.09. The van der Waals surface area contributed by atoms with Crippen LogP contribution in [0.25, 0.3) is 0 Å². The van der Waals surface area contributed by atoms with Crippen molar-refractivity contribution in [2.45, 2.75) is 18.9 Å². The Morgan fingerprint density at radius 2 is 1.79 bits per heavy atom. The molecule has 1 aliphatic rings. The Morgan fingerprint density at radius 3 is 2.38 bits per heavy atom. The third-order valence-corrected chi connectivity index (χ3v) is 4.92. The van der Waals surface area contributed by atoms with Crippen molar-refractivity contribution in [2.24, 2.45) is 5.73 Å². The Balaban J connectivity index is 1.81. The Morgan fingerprint density at radius 1 is 1.21 bits per heavy atom. The van der Waals surface area contributed by atoms with Crippen LogP contribution in [0.15, 0.2) is 28.7 Å². The van der Waals surface area contributed by atoms with Gasteiger partial charge in [-0.3, -0.25) is 9.59 Å². The molecule has 0 aromatic heterocycles. The van der Waals surface area contributed by atoms with Crippen molar-refractivity contribution in [2.75, 3.05) is 39.8 Å². The van der Waals surface area contributed by atoms with E-state index < -0.39 is 5.54 Å². The first-order chi connectivity index (χ1) is 11.3. The second-order valence-electron chi connectivity index (χ2n) is 6.40. The normalized spacial score (nSPS) is 18.1. The molecule has 2 rings (SSSR count). The molecule has 1 atom stereocenters. The maximum Gasteiger partial charge on any atom is 0.244 e. The number of piperazine rings is 1. The fourth-order valence-electron chi connectivity index (χ4n) is 2.61. The minimum absolute atomic E-state index is 0.0748. The smallest absolute Gasteiger partial charge is 0.244 e. The summed E-state index contributed by atoms with van der Waals surface area (Å²) in [5, 5.41) is 2.78. The number of nitrogens with zero attached hydrogens (tertiary/aromatic N) is 2. The van der Waals surface area contributed by atoms with Crippen LogP contribution in [0.2, 0.25) is 0 Å². The van der Waals surface area contributed by atoms with Crippen LogP contribution >= 0.6 is 15.9 Å². The Kier molecular flexibility index (Phi) is 6.37. The predicted octanol–water partition coefficient (Wildman–Crippen LogP) is 0.903. The highest BCUT2D eigenvalue weighted by molar-refractivity contribution is 9.10. The van der Waals surface area contributed by atoms with Crippen molar-refractivity contribution in [3.8, 4) is 0 Å². The van der Waals surface area contributed by atoms with E-state index in [0.717, 1.165) is 36.2 Å². The van der Waals surface area contributed by atoms with E-state index in [1.807, 2.05) is 36.2 Å². The van der Waals surface area contributed by atoms with Gasteiger partial charge in [-0.1, -0.05) is 28.1 Å². The van der Waals surface area contributed by atoms with Crippen molar-refractivity contribution >= 4 is 27.7 Å². The number of nitrogens with two attached hydrogens (primary N) is 1. The van der Waals surface area contributed by atoms with Gasteiger partial charge >= 0.3 is 0 Å². The maximum atomic E-state index is 12.4. The number of amides is 2. The third-order valence-electron chi connectivity index (χ3n) is 4.40. The van der Waals surface area contributed by atoms with Crippen LogP contribution in [-0.2, 0) is 15.1 Å². The molecule has 7 heteroatoms. The number of hydrogen-bond donors (Lipinski definition) is 2. The third kappa shape index (κ3) is 4.78. The molecule has 1 fully saturated rings. The van der Waals surface area contributed by atoms with Gasteiger partial charge in [0.1, 0.15) is 5.54 Å². The molecule has 24 heavy (non-hydrogen) atoms. The van der Waals surface area contributed by atoms with Crippen molar-refractivity contribution in [3.05, 3.63) is 34.3 Å². The van der Waals surface area contributed by atoms with Crippen molar-refractivity contribution in [1.29, 1.82) is 0 Å². The first-order valence-electron chi connectivity index (χ1n) is 8.10. The van der Waals surface area contributed by atoms with Crippen molar-refractivity contribution in [3.63, 3.8) is 0 Å². The standard InChI is InChI=1S/C17H25BrN4O2/c1-17(19,13-3-5-14(18)6-4-13)16(24)20-8-7-15(23)22-11-9-21(2)10-12-22/h3-6H,7-12,19H2,1-2H3,(H,20,24). The Hall–Kier alpha value is -1.44. The molecule has 0 radical (unpaired) electrons. The Labute approximate surface area is 151 Å². The van der Waals surface area contributed by atoms with E-state index in [0.29, 0.717) is 13.0 Å². The fourth-order valence-corrected chi connectivity index (χ4v) is 2.87. The quantitative estimate of drug-likeness (QED) is 0.774. The second-order valence-corrected chi connectivity index (χ2v) is 7.31. The van der Waals surface area contributed by atoms with Crippen LogP contribution in [-0.4, -0.2) is 61.4 Å². The molecule has 0 bridgehead atoms. The van der Waals surface area contributed by atoms with Gasteiger partial charge in [-0.2, -0.15) is 0 Å². The lowest BCUT2D eigenvalue weighted by molar-refractivity contribution is -0.132. The highest BCUT2D eigenvalue weighted by Gasteiger charge is 2.30. The van der Waals surface area contributed by atoms with E-state index in [2.05, 4.69) is 26.1 Å². The van der Waals surface area contributed by atoms with Gasteiger partial charge < -0.3 is 20.9 Å². The summed E-state index contributed by atoms with van der Waals surface area (Å²) in [5.41, 5.74) is 5.78. The summed E-state index contributed by atoms with van der Waals surface area (Å²) >= 11 is 3.36. The molecule has 132 valence electrons. The molecule has 1 saturated heterocycles. The van der Waals surface area contributed by atoms with Crippen LogP contribution in [0.5, 0.6) is 0 Å². The lowest BCUT2D eigenvalue weighted by Crippen LogP contribution is -2.50.